The van der Waals surface area contributed by atoms with Crippen molar-refractivity contribution < 1.29 is 0 Å². The summed E-state index contributed by atoms with van der Waals surface area (Å²) < 4.78 is 1.12. The van der Waals surface area contributed by atoms with Crippen molar-refractivity contribution in [3.63, 3.8) is 0 Å². The van der Waals surface area contributed by atoms with Crippen LogP contribution in [-0.2, 0) is 0 Å². The molecule has 0 aliphatic rings. The smallest absolute Gasteiger partial charge is 0.0323 e. The van der Waals surface area contributed by atoms with E-state index < -0.39 is 0 Å². The van der Waals surface area contributed by atoms with E-state index >= 15 is 0 Å². The van der Waals surface area contributed by atoms with Gasteiger partial charge in [-0.2, -0.15) is 0 Å². The van der Waals surface area contributed by atoms with Crippen LogP contribution < -0.4 is 5.32 Å². The highest BCUT2D eigenvalue weighted by molar-refractivity contribution is 9.10. The van der Waals surface area contributed by atoms with Gasteiger partial charge in [-0.1, -0.05) is 41.1 Å². The van der Waals surface area contributed by atoms with Crippen LogP contribution in [0.1, 0.15) is 43.5 Å². The van der Waals surface area contributed by atoms with E-state index in [-0.39, 0.29) is 0 Å². The van der Waals surface area contributed by atoms with Crippen LogP contribution in [0.3, 0.4) is 0 Å². The maximum absolute atomic E-state index is 4.18. The van der Waals surface area contributed by atoms with Crippen molar-refractivity contribution in [3.05, 3.63) is 64.4 Å². The van der Waals surface area contributed by atoms with E-state index in [0.717, 1.165) is 10.9 Å². The van der Waals surface area contributed by atoms with Gasteiger partial charge in [0.1, 0.15) is 0 Å². The molecule has 1 heterocycles. The highest BCUT2D eigenvalue weighted by Crippen LogP contribution is 2.23. The molecule has 2 atom stereocenters. The molecule has 0 amide bonds. The van der Waals surface area contributed by atoms with Gasteiger partial charge in [0.2, 0.25) is 0 Å². The van der Waals surface area contributed by atoms with Gasteiger partial charge in [-0.3, -0.25) is 4.98 Å². The average molecular weight is 319 g/mol. The molecule has 3 heteroatoms. The predicted octanol–water partition coefficient (Wildman–Crippen LogP) is 4.65. The molecule has 2 unspecified atom stereocenters. The van der Waals surface area contributed by atoms with E-state index in [2.05, 4.69) is 70.4 Å². The van der Waals surface area contributed by atoms with Crippen LogP contribution in [-0.4, -0.2) is 4.98 Å². The molecule has 0 aliphatic carbocycles. The summed E-state index contributed by atoms with van der Waals surface area (Å²) in [5.74, 6) is 0. The summed E-state index contributed by atoms with van der Waals surface area (Å²) in [7, 11) is 0. The van der Waals surface area contributed by atoms with Crippen molar-refractivity contribution in [3.8, 4) is 0 Å². The maximum atomic E-state index is 4.18. The van der Waals surface area contributed by atoms with Gasteiger partial charge in [0.25, 0.3) is 0 Å². The van der Waals surface area contributed by atoms with Crippen LogP contribution in [0.15, 0.2) is 53.3 Å². The fourth-order valence-corrected chi connectivity index (χ4v) is 2.44. The minimum Gasteiger partial charge on any atom is -0.303 e. The first-order valence-electron chi connectivity index (χ1n) is 6.62. The molecule has 0 saturated carbocycles. The van der Waals surface area contributed by atoms with Gasteiger partial charge in [-0.05, 0) is 42.7 Å². The lowest BCUT2D eigenvalue weighted by Crippen LogP contribution is -2.24. The molecule has 2 rings (SSSR count). The highest BCUT2D eigenvalue weighted by atomic mass is 79.9. The Bertz CT molecular complexity index is 496. The number of rotatable bonds is 5. The van der Waals surface area contributed by atoms with E-state index in [1.54, 1.807) is 0 Å². The summed E-state index contributed by atoms with van der Waals surface area (Å²) in [4.78, 5) is 4.18. The normalized spacial score (nSPS) is 14.1. The molecule has 0 spiro atoms. The first-order valence-corrected chi connectivity index (χ1v) is 7.41. The number of aromatic nitrogens is 1. The Balaban J connectivity index is 2.09. The number of nitrogens with one attached hydrogen (secondary N) is 1. The van der Waals surface area contributed by atoms with Gasteiger partial charge < -0.3 is 5.32 Å². The summed E-state index contributed by atoms with van der Waals surface area (Å²) in [5.41, 5.74) is 2.54. The zero-order valence-corrected chi connectivity index (χ0v) is 12.9. The molecule has 0 saturated heterocycles. The second-order valence-corrected chi connectivity index (χ2v) is 5.60. The molecule has 1 N–H and O–H groups in total. The van der Waals surface area contributed by atoms with Crippen LogP contribution in [0.25, 0.3) is 0 Å². The molecule has 2 nitrogen and oxygen atoms in total. The van der Waals surface area contributed by atoms with Crippen LogP contribution in [0, 0.1) is 0 Å². The fourth-order valence-electron chi connectivity index (χ4n) is 2.17. The SMILES string of the molecule is CCC(NC(C)c1cccnc1)c1ccc(Br)cc1. The van der Waals surface area contributed by atoms with Gasteiger partial charge >= 0.3 is 0 Å². The quantitative estimate of drug-likeness (QED) is 0.868. The molecule has 0 aliphatic heterocycles. The van der Waals surface area contributed by atoms with Crippen molar-refractivity contribution in [2.24, 2.45) is 0 Å². The van der Waals surface area contributed by atoms with Gasteiger partial charge in [-0.25, -0.2) is 0 Å². The lowest BCUT2D eigenvalue weighted by molar-refractivity contribution is 0.455. The Hall–Kier alpha value is -1.19. The lowest BCUT2D eigenvalue weighted by Gasteiger charge is -2.23. The molecule has 1 aromatic carbocycles. The second kappa shape index (κ2) is 6.83. The Kier molecular flexibility index (Phi) is 5.11. The first-order chi connectivity index (χ1) is 9.20. The van der Waals surface area contributed by atoms with E-state index in [1.807, 2.05) is 18.5 Å². The fraction of sp³-hybridized carbons (Fsp3) is 0.312. The van der Waals surface area contributed by atoms with Crippen molar-refractivity contribution >= 4 is 15.9 Å². The summed E-state index contributed by atoms with van der Waals surface area (Å²) in [6, 6.07) is 13.3. The Labute approximate surface area is 123 Å². The Morgan fingerprint density at radius 1 is 1.16 bits per heavy atom. The van der Waals surface area contributed by atoms with Crippen molar-refractivity contribution in [2.45, 2.75) is 32.4 Å². The number of pyridine rings is 1. The van der Waals surface area contributed by atoms with E-state index in [0.29, 0.717) is 12.1 Å². The van der Waals surface area contributed by atoms with Crippen LogP contribution in [0.5, 0.6) is 0 Å². The second-order valence-electron chi connectivity index (χ2n) is 4.69. The van der Waals surface area contributed by atoms with Crippen LogP contribution in [0.2, 0.25) is 0 Å². The van der Waals surface area contributed by atoms with Crippen LogP contribution >= 0.6 is 15.9 Å². The van der Waals surface area contributed by atoms with Crippen molar-refractivity contribution in [2.75, 3.05) is 0 Å². The number of nitrogens with zero attached hydrogens (tertiary/aromatic N) is 1. The predicted molar refractivity (Wildman–Crippen MR) is 83.0 cm³/mol. The molecular formula is C16H19BrN2. The summed E-state index contributed by atoms with van der Waals surface area (Å²) >= 11 is 3.48. The third kappa shape index (κ3) is 3.88. The van der Waals surface area contributed by atoms with Gasteiger partial charge in [-0.15, -0.1) is 0 Å². The highest BCUT2D eigenvalue weighted by Gasteiger charge is 2.13. The molecule has 100 valence electrons. The summed E-state index contributed by atoms with van der Waals surface area (Å²) in [6.45, 7) is 4.38. The third-order valence-electron chi connectivity index (χ3n) is 3.32. The first kappa shape index (κ1) is 14.2. The number of benzene rings is 1. The maximum Gasteiger partial charge on any atom is 0.0323 e. The monoisotopic (exact) mass is 318 g/mol. The molecule has 0 radical (unpaired) electrons. The van der Waals surface area contributed by atoms with E-state index in [4.69, 9.17) is 0 Å². The van der Waals surface area contributed by atoms with Crippen molar-refractivity contribution in [1.29, 1.82) is 0 Å². The van der Waals surface area contributed by atoms with Gasteiger partial charge in [0.05, 0.1) is 0 Å². The third-order valence-corrected chi connectivity index (χ3v) is 3.84. The number of halogens is 1. The summed E-state index contributed by atoms with van der Waals surface area (Å²) in [6.07, 6.45) is 4.79. The van der Waals surface area contributed by atoms with E-state index in [9.17, 15) is 0 Å². The minimum atomic E-state index is 0.294. The molecule has 2 aromatic rings. The molecule has 1 aromatic heterocycles. The average Bonchev–Trinajstić information content (AvgIpc) is 2.46. The van der Waals surface area contributed by atoms with Crippen LogP contribution in [0.4, 0.5) is 0 Å². The molecule has 0 fully saturated rings. The Morgan fingerprint density at radius 3 is 2.47 bits per heavy atom. The van der Waals surface area contributed by atoms with E-state index in [1.165, 1.54) is 11.1 Å². The molecular weight excluding hydrogens is 300 g/mol. The zero-order valence-electron chi connectivity index (χ0n) is 11.3. The largest absolute Gasteiger partial charge is 0.303 e. The Morgan fingerprint density at radius 2 is 1.89 bits per heavy atom. The topological polar surface area (TPSA) is 24.9 Å². The lowest BCUT2D eigenvalue weighted by atomic mass is 10.0. The minimum absolute atomic E-state index is 0.294. The van der Waals surface area contributed by atoms with Crippen molar-refractivity contribution in [1.82, 2.24) is 10.3 Å². The molecule has 0 bridgehead atoms. The standard InChI is InChI=1S/C16H19BrN2/c1-3-16(13-6-8-15(17)9-7-13)19-12(2)14-5-4-10-18-11-14/h4-12,16,19H,3H2,1-2H3. The number of hydrogen-bond acceptors (Lipinski definition) is 2. The number of hydrogen-bond donors (Lipinski definition) is 1. The van der Waals surface area contributed by atoms with Gasteiger partial charge in [0, 0.05) is 29.0 Å². The summed E-state index contributed by atoms with van der Waals surface area (Å²) in [5, 5.41) is 3.66. The molecule has 19 heavy (non-hydrogen) atoms. The van der Waals surface area contributed by atoms with Gasteiger partial charge in [0.15, 0.2) is 0 Å². The zero-order chi connectivity index (χ0) is 13.7.